The molecule has 1 aliphatic rings. The molecule has 4 rings (SSSR count). The van der Waals surface area contributed by atoms with Crippen molar-refractivity contribution in [2.75, 3.05) is 5.32 Å². The summed E-state index contributed by atoms with van der Waals surface area (Å²) in [5.74, 6) is 0.291. The molecule has 168 valence electrons. The van der Waals surface area contributed by atoms with Crippen molar-refractivity contribution < 1.29 is 9.59 Å². The van der Waals surface area contributed by atoms with Crippen molar-refractivity contribution in [3.8, 4) is 0 Å². The number of hydrogen-bond donors (Lipinski definition) is 2. The zero-order chi connectivity index (χ0) is 22.9. The fourth-order valence-corrected chi connectivity index (χ4v) is 6.26. The topological polar surface area (TPSA) is 58.2 Å². The van der Waals surface area contributed by atoms with E-state index in [0.717, 1.165) is 30.4 Å². The van der Waals surface area contributed by atoms with Crippen molar-refractivity contribution in [1.82, 2.24) is 5.32 Å². The van der Waals surface area contributed by atoms with Crippen molar-refractivity contribution in [2.24, 2.45) is 11.3 Å². The zero-order valence-corrected chi connectivity index (χ0v) is 20.7. The molecule has 6 heteroatoms. The Morgan fingerprint density at radius 1 is 1.06 bits per heavy atom. The molecule has 0 saturated carbocycles. The number of carbonyl (C=O) groups excluding carboxylic acids is 2. The molecule has 2 atom stereocenters. The first-order valence-electron chi connectivity index (χ1n) is 11.1. The number of rotatable bonds is 5. The maximum atomic E-state index is 13.5. The van der Waals surface area contributed by atoms with Crippen molar-refractivity contribution in [2.45, 2.75) is 53.0 Å². The predicted octanol–water partition coefficient (Wildman–Crippen LogP) is 6.70. The van der Waals surface area contributed by atoms with Gasteiger partial charge in [0.1, 0.15) is 5.00 Å². The predicted molar refractivity (Wildman–Crippen MR) is 134 cm³/mol. The average Bonchev–Trinajstić information content (AvgIpc) is 3.41. The number of benzene rings is 1. The molecule has 0 fully saturated rings. The highest BCUT2D eigenvalue weighted by Crippen LogP contribution is 2.44. The van der Waals surface area contributed by atoms with Gasteiger partial charge in [-0.25, -0.2) is 0 Å². The van der Waals surface area contributed by atoms with E-state index in [1.54, 1.807) is 17.4 Å². The summed E-state index contributed by atoms with van der Waals surface area (Å²) in [6, 6.07) is 13.5. The summed E-state index contributed by atoms with van der Waals surface area (Å²) in [7, 11) is 0. The average molecular weight is 467 g/mol. The van der Waals surface area contributed by atoms with Crippen LogP contribution in [0.2, 0.25) is 0 Å². The first-order valence-corrected chi connectivity index (χ1v) is 12.8. The van der Waals surface area contributed by atoms with Gasteiger partial charge in [-0.05, 0) is 60.1 Å². The highest BCUT2D eigenvalue weighted by Gasteiger charge is 2.34. The van der Waals surface area contributed by atoms with Crippen LogP contribution in [0.3, 0.4) is 0 Å². The molecule has 0 radical (unpaired) electrons. The summed E-state index contributed by atoms with van der Waals surface area (Å²) in [5.41, 5.74) is 3.02. The van der Waals surface area contributed by atoms with E-state index in [0.29, 0.717) is 21.4 Å². The Bertz CT molecular complexity index is 1100. The molecule has 4 nitrogen and oxygen atoms in total. The Morgan fingerprint density at radius 2 is 1.81 bits per heavy atom. The maximum Gasteiger partial charge on any atom is 0.266 e. The van der Waals surface area contributed by atoms with Crippen LogP contribution in [0, 0.1) is 11.3 Å². The van der Waals surface area contributed by atoms with Gasteiger partial charge in [0.25, 0.3) is 11.8 Å². The Hall–Kier alpha value is -2.44. The molecule has 0 saturated heterocycles. The van der Waals surface area contributed by atoms with Crippen LogP contribution in [0.25, 0.3) is 0 Å². The lowest BCUT2D eigenvalue weighted by atomic mass is 9.72. The van der Waals surface area contributed by atoms with Gasteiger partial charge in [0.2, 0.25) is 0 Å². The van der Waals surface area contributed by atoms with Gasteiger partial charge in [0.15, 0.2) is 0 Å². The Kier molecular flexibility index (Phi) is 6.54. The smallest absolute Gasteiger partial charge is 0.266 e. The summed E-state index contributed by atoms with van der Waals surface area (Å²) < 4.78 is 0. The quantitative estimate of drug-likeness (QED) is 0.439. The van der Waals surface area contributed by atoms with Crippen molar-refractivity contribution >= 4 is 39.5 Å². The molecule has 3 aromatic rings. The number of anilines is 1. The van der Waals surface area contributed by atoms with E-state index < -0.39 is 0 Å². The van der Waals surface area contributed by atoms with Gasteiger partial charge in [0, 0.05) is 4.88 Å². The minimum atomic E-state index is -0.156. The molecule has 0 spiro atoms. The molecule has 2 unspecified atom stereocenters. The van der Waals surface area contributed by atoms with Crippen LogP contribution in [-0.4, -0.2) is 11.8 Å². The van der Waals surface area contributed by atoms with Crippen LogP contribution in [0.15, 0.2) is 47.8 Å². The van der Waals surface area contributed by atoms with Crippen LogP contribution < -0.4 is 10.6 Å². The third-order valence-corrected chi connectivity index (χ3v) is 8.37. The first kappa shape index (κ1) is 22.7. The fourth-order valence-electron chi connectivity index (χ4n) is 4.32. The molecule has 2 aromatic heterocycles. The highest BCUT2D eigenvalue weighted by molar-refractivity contribution is 7.17. The summed E-state index contributed by atoms with van der Waals surface area (Å²) >= 11 is 2.97. The van der Waals surface area contributed by atoms with Crippen LogP contribution >= 0.6 is 22.7 Å². The van der Waals surface area contributed by atoms with Gasteiger partial charge < -0.3 is 10.6 Å². The second-order valence-electron chi connectivity index (χ2n) is 9.55. The first-order chi connectivity index (χ1) is 15.2. The summed E-state index contributed by atoms with van der Waals surface area (Å²) in [6.07, 6.45) is 2.87. The van der Waals surface area contributed by atoms with Crippen molar-refractivity contribution in [1.29, 1.82) is 0 Å². The largest absolute Gasteiger partial charge is 0.345 e. The lowest BCUT2D eigenvalue weighted by Crippen LogP contribution is -2.30. The third kappa shape index (κ3) is 4.81. The number of nitrogens with one attached hydrogen (secondary N) is 2. The molecule has 0 aliphatic heterocycles. The molecule has 1 aliphatic carbocycles. The van der Waals surface area contributed by atoms with E-state index in [2.05, 4.69) is 31.4 Å². The molecule has 2 N–H and O–H groups in total. The molecule has 1 aromatic carbocycles. The highest BCUT2D eigenvalue weighted by atomic mass is 32.1. The van der Waals surface area contributed by atoms with Gasteiger partial charge in [-0.2, -0.15) is 0 Å². The zero-order valence-electron chi connectivity index (χ0n) is 19.0. The van der Waals surface area contributed by atoms with Crippen LogP contribution in [-0.2, 0) is 12.8 Å². The van der Waals surface area contributed by atoms with Crippen molar-refractivity contribution in [3.05, 3.63) is 74.3 Å². The lowest BCUT2D eigenvalue weighted by Gasteiger charge is -2.34. The molecule has 0 bridgehead atoms. The van der Waals surface area contributed by atoms with Gasteiger partial charge in [-0.3, -0.25) is 9.59 Å². The Balaban J connectivity index is 1.65. The molecular formula is C26H30N2O2S2. The standard InChI is InChI=1S/C26H30N2O2S2/c1-16(17-9-6-5-7-10-17)27-24(30)22-19-13-12-18(26(2,3)4)15-21(19)32-25(22)28-23(29)20-11-8-14-31-20/h5-11,14,16,18H,12-13,15H2,1-4H3,(H,27,30)(H,28,29). The van der Waals surface area contributed by atoms with Crippen LogP contribution in [0.5, 0.6) is 0 Å². The van der Waals surface area contributed by atoms with E-state index in [1.807, 2.05) is 48.7 Å². The number of carbonyl (C=O) groups is 2. The SMILES string of the molecule is CC(NC(=O)c1c(NC(=O)c2cccs2)sc2c1CCC(C(C)(C)C)C2)c1ccccc1. The molecule has 2 heterocycles. The number of amides is 2. The molecular weight excluding hydrogens is 436 g/mol. The van der Waals surface area contributed by atoms with E-state index in [1.165, 1.54) is 16.2 Å². The van der Waals surface area contributed by atoms with Gasteiger partial charge in [-0.1, -0.05) is 57.2 Å². The number of fused-ring (bicyclic) bond motifs is 1. The molecule has 2 amide bonds. The normalized spacial score (nSPS) is 16.8. The van der Waals surface area contributed by atoms with Gasteiger partial charge in [0.05, 0.1) is 16.5 Å². The Labute approximate surface area is 198 Å². The minimum absolute atomic E-state index is 0.116. The fraction of sp³-hybridized carbons (Fsp3) is 0.385. The number of hydrogen-bond acceptors (Lipinski definition) is 4. The van der Waals surface area contributed by atoms with Gasteiger partial charge in [-0.15, -0.1) is 22.7 Å². The number of thiophene rings is 2. The second-order valence-corrected chi connectivity index (χ2v) is 11.6. The Morgan fingerprint density at radius 3 is 2.47 bits per heavy atom. The summed E-state index contributed by atoms with van der Waals surface area (Å²) in [5, 5.41) is 8.76. The van der Waals surface area contributed by atoms with Crippen LogP contribution in [0.1, 0.15) is 76.2 Å². The summed E-state index contributed by atoms with van der Waals surface area (Å²) in [6.45, 7) is 8.84. The van der Waals surface area contributed by atoms with Crippen LogP contribution in [0.4, 0.5) is 5.00 Å². The lowest BCUT2D eigenvalue weighted by molar-refractivity contribution is 0.0939. The van der Waals surface area contributed by atoms with E-state index >= 15 is 0 Å². The second kappa shape index (κ2) is 9.20. The summed E-state index contributed by atoms with van der Waals surface area (Å²) in [4.78, 5) is 28.2. The van der Waals surface area contributed by atoms with Crippen molar-refractivity contribution in [3.63, 3.8) is 0 Å². The van der Waals surface area contributed by atoms with E-state index in [4.69, 9.17) is 0 Å². The van der Waals surface area contributed by atoms with Gasteiger partial charge >= 0.3 is 0 Å². The van der Waals surface area contributed by atoms with E-state index in [-0.39, 0.29) is 23.3 Å². The molecule has 32 heavy (non-hydrogen) atoms. The monoisotopic (exact) mass is 466 g/mol. The van der Waals surface area contributed by atoms with E-state index in [9.17, 15) is 9.59 Å². The minimum Gasteiger partial charge on any atom is -0.345 e. The maximum absolute atomic E-state index is 13.5. The third-order valence-electron chi connectivity index (χ3n) is 6.34.